The zero-order valence-electron chi connectivity index (χ0n) is 15.0. The Morgan fingerprint density at radius 1 is 0.818 bits per heavy atom. The molecule has 0 unspecified atom stereocenters. The summed E-state index contributed by atoms with van der Waals surface area (Å²) in [4.78, 5) is 10.3. The van der Waals surface area contributed by atoms with Gasteiger partial charge >= 0.3 is 52.6 Å². The second-order valence-electron chi connectivity index (χ2n) is 5.56. The Morgan fingerprint density at radius 3 is 1.77 bits per heavy atom. The first-order valence-corrected chi connectivity index (χ1v) is 8.05. The van der Waals surface area contributed by atoms with Crippen LogP contribution in [0.4, 0.5) is 0 Å². The minimum absolute atomic E-state index is 0. The van der Waals surface area contributed by atoms with E-state index in [0.717, 1.165) is 12.8 Å². The summed E-state index contributed by atoms with van der Waals surface area (Å²) in [6, 6.07) is 10.7. The van der Waals surface area contributed by atoms with Gasteiger partial charge in [0.2, 0.25) is 0 Å². The Morgan fingerprint density at radius 2 is 1.27 bits per heavy atom. The molecule has 1 aromatic carbocycles. The molecule has 0 heterocycles. The Bertz CT molecular complexity index is 363. The Hall–Kier alpha value is 0.209. The van der Waals surface area contributed by atoms with E-state index in [2.05, 4.69) is 30.3 Å². The van der Waals surface area contributed by atoms with Crippen LogP contribution < -0.4 is 29.6 Å². The first kappa shape index (κ1) is 24.5. The third-order valence-corrected chi connectivity index (χ3v) is 3.70. The van der Waals surface area contributed by atoms with Crippen molar-refractivity contribution in [1.82, 2.24) is 0 Å². The van der Waals surface area contributed by atoms with E-state index in [4.69, 9.17) is 5.11 Å². The molecule has 0 amide bonds. The fourth-order valence-corrected chi connectivity index (χ4v) is 2.49. The van der Waals surface area contributed by atoms with Gasteiger partial charge in [-0.25, -0.2) is 0 Å². The summed E-state index contributed by atoms with van der Waals surface area (Å²) in [6.07, 6.45) is 12.5. The molecular formula is C18H31NaO2Se. The van der Waals surface area contributed by atoms with Gasteiger partial charge in [-0.05, 0) is 24.8 Å². The molecule has 22 heavy (non-hydrogen) atoms. The molecule has 0 aliphatic heterocycles. The maximum atomic E-state index is 10.3. The molecule has 0 radical (unpaired) electrons. The quantitative estimate of drug-likeness (QED) is 0.439. The third kappa shape index (κ3) is 15.1. The van der Waals surface area contributed by atoms with E-state index in [1.807, 2.05) is 0 Å². The van der Waals surface area contributed by atoms with Crippen molar-refractivity contribution in [2.24, 2.45) is 0 Å². The second kappa shape index (κ2) is 17.6. The van der Waals surface area contributed by atoms with Crippen LogP contribution in [0.1, 0.15) is 71.2 Å². The summed E-state index contributed by atoms with van der Waals surface area (Å²) in [5, 5.41) is 8.52. The molecule has 0 spiro atoms. The van der Waals surface area contributed by atoms with Crippen molar-refractivity contribution < 1.29 is 40.9 Å². The number of carbonyl (C=O) groups is 1. The Kier molecular flexibility index (Phi) is 19.5. The summed E-state index contributed by atoms with van der Waals surface area (Å²) < 4.78 is 0. The van der Waals surface area contributed by atoms with Crippen LogP contribution in [-0.4, -0.2) is 28.1 Å². The van der Waals surface area contributed by atoms with Crippen LogP contribution in [0.3, 0.4) is 0 Å². The van der Waals surface area contributed by atoms with Crippen LogP contribution in [0, 0.1) is 0 Å². The first-order valence-electron chi connectivity index (χ1n) is 8.05. The van der Waals surface area contributed by atoms with Crippen molar-refractivity contribution in [2.45, 2.75) is 70.6 Å². The van der Waals surface area contributed by atoms with E-state index in [0.29, 0.717) is 6.42 Å². The topological polar surface area (TPSA) is 37.3 Å². The van der Waals surface area contributed by atoms with Gasteiger partial charge in [0.1, 0.15) is 0 Å². The molecule has 0 saturated carbocycles. The number of carboxylic acids is 1. The zero-order chi connectivity index (χ0) is 14.5. The normalized spacial score (nSPS) is 9.64. The van der Waals surface area contributed by atoms with Crippen LogP contribution in [0.2, 0.25) is 0 Å². The molecule has 0 atom stereocenters. The molecular weight excluding hydrogens is 350 g/mol. The zero-order valence-corrected chi connectivity index (χ0v) is 18.1. The van der Waals surface area contributed by atoms with Gasteiger partial charge in [0.15, 0.2) is 0 Å². The molecule has 0 saturated heterocycles. The van der Waals surface area contributed by atoms with Gasteiger partial charge in [-0.3, -0.25) is 4.79 Å². The van der Waals surface area contributed by atoms with Crippen LogP contribution >= 0.6 is 0 Å². The summed E-state index contributed by atoms with van der Waals surface area (Å²) in [6.45, 7) is 0. The van der Waals surface area contributed by atoms with Crippen LogP contribution in [0.5, 0.6) is 0 Å². The van der Waals surface area contributed by atoms with Crippen molar-refractivity contribution in [2.75, 3.05) is 0 Å². The van der Waals surface area contributed by atoms with Crippen LogP contribution in [0.15, 0.2) is 30.3 Å². The number of unbranched alkanes of at least 4 members (excludes halogenated alkanes) is 8. The molecule has 0 fully saturated rings. The molecule has 0 aliphatic carbocycles. The number of rotatable bonds is 12. The number of carboxylic acid groups (broad SMARTS) is 1. The summed E-state index contributed by atoms with van der Waals surface area (Å²) in [5.41, 5.74) is 1.45. The van der Waals surface area contributed by atoms with E-state index in [1.165, 1.54) is 56.9 Å². The molecule has 2 nitrogen and oxygen atoms in total. The van der Waals surface area contributed by atoms with Gasteiger partial charge in [-0.2, -0.15) is 0 Å². The first-order chi connectivity index (χ1) is 9.79. The molecule has 1 N–H and O–H groups in total. The van der Waals surface area contributed by atoms with Crippen LogP contribution in [-0.2, 0) is 11.2 Å². The van der Waals surface area contributed by atoms with Gasteiger partial charge in [-0.1, -0.05) is 75.3 Å². The fraction of sp³-hybridized carbons (Fsp3) is 0.611. The number of aliphatic carboxylic acids is 1. The van der Waals surface area contributed by atoms with E-state index in [9.17, 15) is 4.79 Å². The van der Waals surface area contributed by atoms with Gasteiger partial charge in [0, 0.05) is 6.42 Å². The van der Waals surface area contributed by atoms with Gasteiger partial charge in [0.25, 0.3) is 0 Å². The molecule has 0 bridgehead atoms. The van der Waals surface area contributed by atoms with E-state index >= 15 is 0 Å². The predicted octanol–water partition coefficient (Wildman–Crippen LogP) is 1.41. The number of hydrogen-bond acceptors (Lipinski definition) is 1. The van der Waals surface area contributed by atoms with Crippen molar-refractivity contribution >= 4 is 23.0 Å². The number of benzene rings is 1. The van der Waals surface area contributed by atoms with Crippen LogP contribution in [0.25, 0.3) is 0 Å². The SMILES string of the molecule is O=C(O)CCCCCCCCCCCc1ccccc1.[H-].[Na+].[SeH2]. The standard InChI is InChI=1S/C18H28O2.Na.H2Se.H/c19-18(20)16-12-7-5-3-1-2-4-6-9-13-17-14-10-8-11-15-17;;;/h8,10-11,14-15H,1-7,9,12-13,16H2,(H,19,20);;1H2;/q;+1;;-1. The van der Waals surface area contributed by atoms with Gasteiger partial charge in [0.05, 0.1) is 0 Å². The number of aryl methyl sites for hydroxylation is 1. The monoisotopic (exact) mass is 382 g/mol. The maximum absolute atomic E-state index is 10.3. The van der Waals surface area contributed by atoms with Crippen molar-refractivity contribution in [1.29, 1.82) is 0 Å². The van der Waals surface area contributed by atoms with Crippen molar-refractivity contribution in [3.63, 3.8) is 0 Å². The summed E-state index contributed by atoms with van der Waals surface area (Å²) in [7, 11) is 0. The van der Waals surface area contributed by atoms with Gasteiger partial charge < -0.3 is 6.53 Å². The molecule has 0 aliphatic rings. The molecule has 1 rings (SSSR count). The van der Waals surface area contributed by atoms with Crippen molar-refractivity contribution in [3.8, 4) is 0 Å². The average molecular weight is 381 g/mol. The van der Waals surface area contributed by atoms with E-state index in [-0.39, 0.29) is 48.1 Å². The molecule has 122 valence electrons. The third-order valence-electron chi connectivity index (χ3n) is 3.70. The second-order valence-corrected chi connectivity index (χ2v) is 5.56. The molecule has 4 heteroatoms. The summed E-state index contributed by atoms with van der Waals surface area (Å²) in [5.74, 6) is -0.664. The van der Waals surface area contributed by atoms with Crippen molar-refractivity contribution in [3.05, 3.63) is 35.9 Å². The Labute approximate surface area is 169 Å². The average Bonchev–Trinajstić information content (AvgIpc) is 2.45. The minimum atomic E-state index is -0.664. The summed E-state index contributed by atoms with van der Waals surface area (Å²) >= 11 is 0. The molecule has 1 aromatic rings. The van der Waals surface area contributed by atoms with E-state index in [1.54, 1.807) is 0 Å². The predicted molar refractivity (Wildman–Crippen MR) is 93.6 cm³/mol. The molecule has 0 aromatic heterocycles. The number of hydrogen-bond donors (Lipinski definition) is 1. The Balaban J connectivity index is -0.00000133. The van der Waals surface area contributed by atoms with Gasteiger partial charge in [-0.15, -0.1) is 0 Å². The fourth-order valence-electron chi connectivity index (χ4n) is 2.49. The van der Waals surface area contributed by atoms with E-state index < -0.39 is 5.97 Å².